The first-order chi connectivity index (χ1) is 7.61. The molecule has 0 N–H and O–H groups in total. The molecule has 0 spiro atoms. The maximum Gasteiger partial charge on any atom is 1.00 e. The van der Waals surface area contributed by atoms with E-state index in [2.05, 4.69) is 18.7 Å². The Morgan fingerprint density at radius 2 is 1.62 bits per heavy atom. The predicted molar refractivity (Wildman–Crippen MR) is 72.2 cm³/mol. The normalized spacial score (nSPS) is 12.3. The van der Waals surface area contributed by atoms with Gasteiger partial charge < -0.3 is 13.9 Å². The fourth-order valence-electron chi connectivity index (χ4n) is 1.25. The Bertz CT molecular complexity index is 208. The van der Waals surface area contributed by atoms with Gasteiger partial charge in [-0.3, -0.25) is 0 Å². The molecule has 0 aliphatic heterocycles. The summed E-state index contributed by atoms with van der Waals surface area (Å²) in [6, 6.07) is 0. The number of nitrogens with zero attached hydrogens (tertiary/aromatic N) is 1. The fourth-order valence-corrected chi connectivity index (χ4v) is 4.66. The zero-order valence-corrected chi connectivity index (χ0v) is 12.5. The Hall–Kier alpha value is 0.460. The molecule has 16 heavy (non-hydrogen) atoms. The minimum absolute atomic E-state index is 0. The molecule has 6 heteroatoms. The molecule has 0 saturated carbocycles. The molecule has 0 amide bonds. The highest BCUT2D eigenvalue weighted by Crippen LogP contribution is 2.60. The van der Waals surface area contributed by atoms with Gasteiger partial charge in [-0.15, -0.1) is 0 Å². The van der Waals surface area contributed by atoms with Crippen molar-refractivity contribution in [1.29, 1.82) is 0 Å². The van der Waals surface area contributed by atoms with E-state index in [-0.39, 0.29) is 1.43 Å². The molecule has 0 aliphatic rings. The molecular formula is C10H25NO3PS+. The second kappa shape index (κ2) is 9.49. The highest BCUT2D eigenvalue weighted by atomic mass is 32.7. The summed E-state index contributed by atoms with van der Waals surface area (Å²) in [5.74, 6) is 0.777. The monoisotopic (exact) mass is 270 g/mol. The highest BCUT2D eigenvalue weighted by molar-refractivity contribution is 8.55. The molecule has 0 aromatic rings. The molecule has 0 aromatic heterocycles. The molecule has 0 fully saturated rings. The minimum atomic E-state index is -2.91. The van der Waals surface area contributed by atoms with Crippen LogP contribution in [0.25, 0.3) is 0 Å². The second-order valence-corrected chi connectivity index (χ2v) is 7.34. The number of hydrogen-bond donors (Lipinski definition) is 0. The van der Waals surface area contributed by atoms with E-state index >= 15 is 0 Å². The van der Waals surface area contributed by atoms with Gasteiger partial charge in [-0.25, -0.2) is 4.57 Å². The van der Waals surface area contributed by atoms with E-state index in [0.29, 0.717) is 13.2 Å². The van der Waals surface area contributed by atoms with Crippen molar-refractivity contribution in [2.75, 3.05) is 38.6 Å². The van der Waals surface area contributed by atoms with Gasteiger partial charge in [0.1, 0.15) is 0 Å². The number of hydrogen-bond acceptors (Lipinski definition) is 5. The van der Waals surface area contributed by atoms with Gasteiger partial charge in [0, 0.05) is 12.3 Å². The van der Waals surface area contributed by atoms with Crippen molar-refractivity contribution in [2.24, 2.45) is 0 Å². The van der Waals surface area contributed by atoms with Crippen molar-refractivity contribution in [3.8, 4) is 0 Å². The largest absolute Gasteiger partial charge is 1.00 e. The van der Waals surface area contributed by atoms with Crippen LogP contribution in [-0.4, -0.2) is 43.5 Å². The van der Waals surface area contributed by atoms with Crippen LogP contribution in [0.5, 0.6) is 0 Å². The molecular weight excluding hydrogens is 245 g/mol. The Balaban J connectivity index is 0. The molecule has 4 nitrogen and oxygen atoms in total. The first kappa shape index (κ1) is 16.5. The summed E-state index contributed by atoms with van der Waals surface area (Å²) in [5, 5.41) is 0. The Morgan fingerprint density at radius 1 is 1.12 bits per heavy atom. The Kier molecular flexibility index (Phi) is 9.76. The summed E-state index contributed by atoms with van der Waals surface area (Å²) in [5.41, 5.74) is 0. The van der Waals surface area contributed by atoms with Crippen molar-refractivity contribution < 1.29 is 15.0 Å². The van der Waals surface area contributed by atoms with Gasteiger partial charge in [-0.05, 0) is 38.3 Å². The third-order valence-corrected chi connectivity index (χ3v) is 6.08. The van der Waals surface area contributed by atoms with Crippen molar-refractivity contribution in [1.82, 2.24) is 4.90 Å². The van der Waals surface area contributed by atoms with Crippen LogP contribution >= 0.6 is 18.2 Å². The van der Waals surface area contributed by atoms with Crippen molar-refractivity contribution in [3.05, 3.63) is 0 Å². The quantitative estimate of drug-likeness (QED) is 0.569. The van der Waals surface area contributed by atoms with Gasteiger partial charge in [0.25, 0.3) is 0 Å². The van der Waals surface area contributed by atoms with Crippen molar-refractivity contribution in [3.63, 3.8) is 0 Å². The topological polar surface area (TPSA) is 38.8 Å². The van der Waals surface area contributed by atoms with E-state index in [1.165, 1.54) is 11.4 Å². The second-order valence-electron chi connectivity index (χ2n) is 3.14. The molecule has 0 rings (SSSR count). The Labute approximate surface area is 105 Å². The van der Waals surface area contributed by atoms with E-state index < -0.39 is 6.80 Å². The zero-order chi connectivity index (χ0) is 12.4. The zero-order valence-electron chi connectivity index (χ0n) is 11.8. The summed E-state index contributed by atoms with van der Waals surface area (Å²) in [4.78, 5) is 2.29. The van der Waals surface area contributed by atoms with Gasteiger partial charge in [0.2, 0.25) is 0 Å². The third-order valence-electron chi connectivity index (χ3n) is 2.13. The third kappa shape index (κ3) is 6.92. The molecule has 0 saturated heterocycles. The summed E-state index contributed by atoms with van der Waals surface area (Å²) in [6.07, 6.45) is 0. The van der Waals surface area contributed by atoms with Crippen LogP contribution < -0.4 is 0 Å². The Morgan fingerprint density at radius 3 is 2.00 bits per heavy atom. The van der Waals surface area contributed by atoms with Crippen molar-refractivity contribution >= 4 is 18.2 Å². The molecule has 0 unspecified atom stereocenters. The van der Waals surface area contributed by atoms with E-state index in [1.807, 2.05) is 13.8 Å². The average Bonchev–Trinajstić information content (AvgIpc) is 2.25. The van der Waals surface area contributed by atoms with Gasteiger partial charge in [-0.2, -0.15) is 0 Å². The summed E-state index contributed by atoms with van der Waals surface area (Å²) < 4.78 is 22.5. The first-order valence-electron chi connectivity index (χ1n) is 5.87. The molecule has 0 heterocycles. The SMILES string of the molecule is CCOP(=O)(OCC)SCCN(CC)CC.[H+]. The summed E-state index contributed by atoms with van der Waals surface area (Å²) >= 11 is 1.30. The van der Waals surface area contributed by atoms with Crippen LogP contribution in [0, 0.1) is 0 Å². The maximum atomic E-state index is 12.1. The lowest BCUT2D eigenvalue weighted by atomic mass is 10.5. The van der Waals surface area contributed by atoms with Gasteiger partial charge in [0.15, 0.2) is 0 Å². The first-order valence-corrected chi connectivity index (χ1v) is 9.01. The van der Waals surface area contributed by atoms with E-state index in [1.54, 1.807) is 0 Å². The van der Waals surface area contributed by atoms with Crippen LogP contribution in [0.15, 0.2) is 0 Å². The van der Waals surface area contributed by atoms with Crippen LogP contribution in [0.1, 0.15) is 29.1 Å². The standard InChI is InChI=1S/C10H24NO3PS/c1-5-11(6-2)9-10-16-15(12,13-7-3)14-8-4/h5-10H2,1-4H3/p+1. The summed E-state index contributed by atoms with van der Waals surface area (Å²) in [7, 11) is 0. The molecule has 98 valence electrons. The lowest BCUT2D eigenvalue weighted by Gasteiger charge is -2.20. The molecule has 0 radical (unpaired) electrons. The molecule has 0 atom stereocenters. The van der Waals surface area contributed by atoms with Crippen LogP contribution in [0.3, 0.4) is 0 Å². The van der Waals surface area contributed by atoms with Crippen molar-refractivity contribution in [2.45, 2.75) is 27.7 Å². The lowest BCUT2D eigenvalue weighted by Crippen LogP contribution is -2.25. The predicted octanol–water partition coefficient (Wildman–Crippen LogP) is 3.36. The fraction of sp³-hybridized carbons (Fsp3) is 1.00. The van der Waals surface area contributed by atoms with Gasteiger partial charge in [-0.1, -0.05) is 13.8 Å². The van der Waals surface area contributed by atoms with E-state index in [9.17, 15) is 4.57 Å². The van der Waals surface area contributed by atoms with Crippen LogP contribution in [0.2, 0.25) is 0 Å². The van der Waals surface area contributed by atoms with Gasteiger partial charge >= 0.3 is 8.22 Å². The highest BCUT2D eigenvalue weighted by Gasteiger charge is 2.24. The smallest absolute Gasteiger partial charge is 0.303 e. The molecule has 0 aromatic carbocycles. The lowest BCUT2D eigenvalue weighted by molar-refractivity contribution is 0.236. The van der Waals surface area contributed by atoms with E-state index in [4.69, 9.17) is 9.05 Å². The minimum Gasteiger partial charge on any atom is -0.303 e. The molecule has 0 bridgehead atoms. The van der Waals surface area contributed by atoms with E-state index in [0.717, 1.165) is 25.4 Å². The van der Waals surface area contributed by atoms with Gasteiger partial charge in [0.05, 0.1) is 13.2 Å². The summed E-state index contributed by atoms with van der Waals surface area (Å²) in [6.45, 7) is 8.81. The van der Waals surface area contributed by atoms with Crippen LogP contribution in [0.4, 0.5) is 0 Å². The average molecular weight is 270 g/mol. The molecule has 0 aliphatic carbocycles. The maximum absolute atomic E-state index is 12.1. The van der Waals surface area contributed by atoms with Crippen LogP contribution in [-0.2, 0) is 13.6 Å². The number of rotatable bonds is 10.